The van der Waals surface area contributed by atoms with Crippen LogP contribution in [0, 0.1) is 17.8 Å². The summed E-state index contributed by atoms with van der Waals surface area (Å²) in [6.45, 7) is 0. The Hall–Kier alpha value is -3.32. The van der Waals surface area contributed by atoms with Gasteiger partial charge in [0.15, 0.2) is 5.65 Å². The Morgan fingerprint density at radius 2 is 2.06 bits per heavy atom. The van der Waals surface area contributed by atoms with Crippen molar-refractivity contribution in [3.05, 3.63) is 70.7 Å². The van der Waals surface area contributed by atoms with E-state index in [4.69, 9.17) is 0 Å². The van der Waals surface area contributed by atoms with E-state index in [-0.39, 0.29) is 11.7 Å². The Morgan fingerprint density at radius 3 is 2.85 bits per heavy atom. The van der Waals surface area contributed by atoms with E-state index in [0.29, 0.717) is 28.4 Å². The van der Waals surface area contributed by atoms with Crippen molar-refractivity contribution < 1.29 is 9.59 Å². The number of hydrogen-bond donors (Lipinski definition) is 1. The Kier molecular flexibility index (Phi) is 5.06. The Bertz CT molecular complexity index is 1340. The molecule has 1 N–H and O–H groups in total. The fourth-order valence-electron chi connectivity index (χ4n) is 5.64. The summed E-state index contributed by atoms with van der Waals surface area (Å²) in [6.07, 6.45) is 9.03. The summed E-state index contributed by atoms with van der Waals surface area (Å²) in [7, 11) is 0. The second-order valence-corrected chi connectivity index (χ2v) is 10.1. The summed E-state index contributed by atoms with van der Waals surface area (Å²) in [5.41, 5.74) is 3.49. The lowest BCUT2D eigenvalue weighted by atomic mass is 9.86. The molecule has 7 heteroatoms. The SMILES string of the molecule is O=C(CC1CC2CCC1C2)Nc1cccc(-c2ccnc3c(C(=O)c4cccs4)cnn23)c1. The highest BCUT2D eigenvalue weighted by Gasteiger charge is 2.40. The highest BCUT2D eigenvalue weighted by atomic mass is 32.1. The summed E-state index contributed by atoms with van der Waals surface area (Å²) in [6, 6.07) is 13.3. The smallest absolute Gasteiger partial charge is 0.224 e. The quantitative estimate of drug-likeness (QED) is 0.391. The van der Waals surface area contributed by atoms with Crippen molar-refractivity contribution in [3.63, 3.8) is 0 Å². The number of benzene rings is 1. The highest BCUT2D eigenvalue weighted by Crippen LogP contribution is 2.49. The fourth-order valence-corrected chi connectivity index (χ4v) is 6.32. The maximum atomic E-state index is 12.9. The number of thiophene rings is 1. The van der Waals surface area contributed by atoms with Crippen LogP contribution in [0.1, 0.15) is 47.3 Å². The van der Waals surface area contributed by atoms with Gasteiger partial charge in [0, 0.05) is 23.9 Å². The van der Waals surface area contributed by atoms with E-state index < -0.39 is 0 Å². The zero-order chi connectivity index (χ0) is 22.4. The number of carbonyl (C=O) groups excluding carboxylic acids is 2. The molecule has 2 fully saturated rings. The van der Waals surface area contributed by atoms with Crippen molar-refractivity contribution in [1.29, 1.82) is 0 Å². The molecule has 2 aliphatic rings. The zero-order valence-electron chi connectivity index (χ0n) is 18.1. The first-order valence-electron chi connectivity index (χ1n) is 11.5. The number of aromatic nitrogens is 3. The number of nitrogens with zero attached hydrogens (tertiary/aromatic N) is 3. The lowest BCUT2D eigenvalue weighted by Crippen LogP contribution is -2.20. The van der Waals surface area contributed by atoms with Crippen LogP contribution in [0.15, 0.2) is 60.2 Å². The number of carbonyl (C=O) groups is 2. The normalized spacial score (nSPS) is 21.5. The van der Waals surface area contributed by atoms with E-state index in [2.05, 4.69) is 15.4 Å². The molecule has 1 aromatic carbocycles. The summed E-state index contributed by atoms with van der Waals surface area (Å²) in [5.74, 6) is 2.13. The van der Waals surface area contributed by atoms with Crippen LogP contribution in [0.2, 0.25) is 0 Å². The van der Waals surface area contributed by atoms with E-state index in [1.807, 2.05) is 47.8 Å². The van der Waals surface area contributed by atoms with Gasteiger partial charge in [-0.1, -0.05) is 24.6 Å². The topological polar surface area (TPSA) is 76.4 Å². The fraction of sp³-hybridized carbons (Fsp3) is 0.308. The number of nitrogens with one attached hydrogen (secondary N) is 1. The third-order valence-corrected chi connectivity index (χ3v) is 8.03. The van der Waals surface area contributed by atoms with Gasteiger partial charge in [-0.3, -0.25) is 9.59 Å². The van der Waals surface area contributed by atoms with Crippen molar-refractivity contribution >= 4 is 34.4 Å². The van der Waals surface area contributed by atoms with E-state index in [1.165, 1.54) is 37.0 Å². The van der Waals surface area contributed by atoms with E-state index in [0.717, 1.165) is 28.8 Å². The number of anilines is 1. The molecule has 166 valence electrons. The van der Waals surface area contributed by atoms with Gasteiger partial charge < -0.3 is 5.32 Å². The minimum atomic E-state index is -0.0775. The Balaban J connectivity index is 1.24. The van der Waals surface area contributed by atoms with Crippen LogP contribution in [0.5, 0.6) is 0 Å². The van der Waals surface area contributed by atoms with Gasteiger partial charge in [0.1, 0.15) is 0 Å². The first kappa shape index (κ1) is 20.3. The van der Waals surface area contributed by atoms with Crippen molar-refractivity contribution in [2.75, 3.05) is 5.32 Å². The largest absolute Gasteiger partial charge is 0.326 e. The van der Waals surface area contributed by atoms with Gasteiger partial charge in [0.05, 0.1) is 22.3 Å². The summed E-state index contributed by atoms with van der Waals surface area (Å²) >= 11 is 1.41. The Morgan fingerprint density at radius 1 is 1.12 bits per heavy atom. The van der Waals surface area contributed by atoms with Crippen LogP contribution < -0.4 is 5.32 Å². The molecule has 2 aliphatic carbocycles. The molecular formula is C26H24N4O2S. The molecule has 3 heterocycles. The molecule has 3 atom stereocenters. The van der Waals surface area contributed by atoms with Gasteiger partial charge in [-0.15, -0.1) is 11.3 Å². The van der Waals surface area contributed by atoms with Crippen molar-refractivity contribution in [2.45, 2.75) is 32.1 Å². The molecule has 2 saturated carbocycles. The lowest BCUT2D eigenvalue weighted by molar-refractivity contribution is -0.117. The second-order valence-electron chi connectivity index (χ2n) is 9.20. The number of hydrogen-bond acceptors (Lipinski definition) is 5. The summed E-state index contributed by atoms with van der Waals surface area (Å²) in [5, 5.41) is 9.43. The molecule has 6 nitrogen and oxygen atoms in total. The average Bonchev–Trinajstić information content (AvgIpc) is 3.63. The molecule has 6 rings (SSSR count). The third kappa shape index (κ3) is 3.76. The molecule has 0 radical (unpaired) electrons. The minimum Gasteiger partial charge on any atom is -0.326 e. The predicted molar refractivity (Wildman–Crippen MR) is 128 cm³/mol. The molecule has 2 bridgehead atoms. The Labute approximate surface area is 195 Å². The van der Waals surface area contributed by atoms with Crippen LogP contribution in [-0.2, 0) is 4.79 Å². The molecule has 3 aromatic heterocycles. The standard InChI is InChI=1S/C26H24N4O2S/c31-24(14-19-12-16-6-7-17(19)11-16)29-20-4-1-3-18(13-20)22-8-9-27-26-21(15-28-30(22)26)25(32)23-5-2-10-33-23/h1-5,8-10,13,15-17,19H,6-7,11-12,14H2,(H,29,31). The molecule has 0 aliphatic heterocycles. The average molecular weight is 457 g/mol. The maximum Gasteiger partial charge on any atom is 0.224 e. The number of fused-ring (bicyclic) bond motifs is 3. The molecule has 0 saturated heterocycles. The highest BCUT2D eigenvalue weighted by molar-refractivity contribution is 7.12. The summed E-state index contributed by atoms with van der Waals surface area (Å²) in [4.78, 5) is 30.7. The second kappa shape index (κ2) is 8.23. The molecule has 0 spiro atoms. The molecule has 3 unspecified atom stereocenters. The van der Waals surface area contributed by atoms with Gasteiger partial charge >= 0.3 is 0 Å². The molecule has 1 amide bonds. The zero-order valence-corrected chi connectivity index (χ0v) is 18.9. The van der Waals surface area contributed by atoms with E-state index in [9.17, 15) is 9.59 Å². The monoisotopic (exact) mass is 456 g/mol. The van der Waals surface area contributed by atoms with Crippen molar-refractivity contribution in [1.82, 2.24) is 14.6 Å². The van der Waals surface area contributed by atoms with Crippen LogP contribution in [-0.4, -0.2) is 26.3 Å². The first-order valence-corrected chi connectivity index (χ1v) is 12.3. The van der Waals surface area contributed by atoms with Gasteiger partial charge in [0.2, 0.25) is 11.7 Å². The molecule has 4 aromatic rings. The molecule has 33 heavy (non-hydrogen) atoms. The van der Waals surface area contributed by atoms with Crippen molar-refractivity contribution in [3.8, 4) is 11.3 Å². The van der Waals surface area contributed by atoms with Crippen LogP contribution in [0.3, 0.4) is 0 Å². The van der Waals surface area contributed by atoms with Crippen LogP contribution >= 0.6 is 11.3 Å². The van der Waals surface area contributed by atoms with E-state index >= 15 is 0 Å². The first-order chi connectivity index (χ1) is 16.2. The van der Waals surface area contributed by atoms with Crippen LogP contribution in [0.4, 0.5) is 5.69 Å². The third-order valence-electron chi connectivity index (χ3n) is 7.17. The number of rotatable bonds is 6. The van der Waals surface area contributed by atoms with Gasteiger partial charge in [-0.2, -0.15) is 5.10 Å². The van der Waals surface area contributed by atoms with E-state index in [1.54, 1.807) is 16.9 Å². The van der Waals surface area contributed by atoms with Crippen molar-refractivity contribution in [2.24, 2.45) is 17.8 Å². The lowest BCUT2D eigenvalue weighted by Gasteiger charge is -2.21. The van der Waals surface area contributed by atoms with Gasteiger partial charge in [-0.25, -0.2) is 9.50 Å². The van der Waals surface area contributed by atoms with Crippen LogP contribution in [0.25, 0.3) is 16.9 Å². The number of ketones is 1. The number of amides is 1. The predicted octanol–water partition coefficient (Wildman–Crippen LogP) is 5.45. The van der Waals surface area contributed by atoms with Gasteiger partial charge in [-0.05, 0) is 66.7 Å². The summed E-state index contributed by atoms with van der Waals surface area (Å²) < 4.78 is 1.69. The maximum absolute atomic E-state index is 12.9. The molecular weight excluding hydrogens is 432 g/mol. The van der Waals surface area contributed by atoms with Gasteiger partial charge in [0.25, 0.3) is 0 Å². The minimum absolute atomic E-state index is 0.0775.